The SMILES string of the molecule is CCCn1c(NC(=O)CCOc2ccc(OC)cc2)nc2ccccc21. The van der Waals surface area contributed by atoms with Gasteiger partial charge in [-0.2, -0.15) is 0 Å². The van der Waals surface area contributed by atoms with Crippen LogP contribution in [-0.2, 0) is 11.3 Å². The predicted molar refractivity (Wildman–Crippen MR) is 102 cm³/mol. The third kappa shape index (κ3) is 4.14. The van der Waals surface area contributed by atoms with E-state index in [4.69, 9.17) is 9.47 Å². The van der Waals surface area contributed by atoms with Crippen LogP contribution in [0.5, 0.6) is 11.5 Å². The summed E-state index contributed by atoms with van der Waals surface area (Å²) < 4.78 is 12.8. The third-order valence-electron chi connectivity index (χ3n) is 4.01. The molecule has 0 radical (unpaired) electrons. The number of aromatic nitrogens is 2. The van der Waals surface area contributed by atoms with Gasteiger partial charge in [-0.15, -0.1) is 0 Å². The van der Waals surface area contributed by atoms with E-state index < -0.39 is 0 Å². The first kappa shape index (κ1) is 17.8. The minimum Gasteiger partial charge on any atom is -0.497 e. The van der Waals surface area contributed by atoms with Gasteiger partial charge in [-0.05, 0) is 42.8 Å². The molecular weight excluding hydrogens is 330 g/mol. The molecule has 0 aliphatic carbocycles. The summed E-state index contributed by atoms with van der Waals surface area (Å²) >= 11 is 0. The monoisotopic (exact) mass is 353 g/mol. The van der Waals surface area contributed by atoms with E-state index in [9.17, 15) is 4.79 Å². The van der Waals surface area contributed by atoms with Crippen LogP contribution in [0.2, 0.25) is 0 Å². The van der Waals surface area contributed by atoms with Crippen LogP contribution < -0.4 is 14.8 Å². The maximum Gasteiger partial charge on any atom is 0.230 e. The first-order chi connectivity index (χ1) is 12.7. The Morgan fingerprint density at radius 1 is 1.12 bits per heavy atom. The Balaban J connectivity index is 1.59. The molecule has 136 valence electrons. The van der Waals surface area contributed by atoms with Gasteiger partial charge in [-0.25, -0.2) is 4.98 Å². The van der Waals surface area contributed by atoms with Crippen LogP contribution >= 0.6 is 0 Å². The summed E-state index contributed by atoms with van der Waals surface area (Å²) in [6.07, 6.45) is 1.21. The number of para-hydroxylation sites is 2. The minimum atomic E-state index is -0.119. The molecule has 0 fully saturated rings. The highest BCUT2D eigenvalue weighted by molar-refractivity contribution is 5.91. The van der Waals surface area contributed by atoms with Crippen molar-refractivity contribution in [3.8, 4) is 11.5 Å². The topological polar surface area (TPSA) is 65.4 Å². The zero-order valence-electron chi connectivity index (χ0n) is 15.1. The van der Waals surface area contributed by atoms with Crippen molar-refractivity contribution in [2.45, 2.75) is 26.3 Å². The van der Waals surface area contributed by atoms with Gasteiger partial charge in [0.15, 0.2) is 0 Å². The molecule has 0 saturated heterocycles. The predicted octanol–water partition coefficient (Wildman–Crippen LogP) is 3.86. The third-order valence-corrected chi connectivity index (χ3v) is 4.01. The molecule has 1 heterocycles. The summed E-state index contributed by atoms with van der Waals surface area (Å²) in [6.45, 7) is 3.20. The van der Waals surface area contributed by atoms with Crippen molar-refractivity contribution >= 4 is 22.9 Å². The van der Waals surface area contributed by atoms with E-state index in [-0.39, 0.29) is 12.3 Å². The number of aryl methyl sites for hydroxylation is 1. The van der Waals surface area contributed by atoms with Crippen molar-refractivity contribution in [3.05, 3.63) is 48.5 Å². The quantitative estimate of drug-likeness (QED) is 0.668. The first-order valence-electron chi connectivity index (χ1n) is 8.73. The number of ether oxygens (including phenoxy) is 2. The van der Waals surface area contributed by atoms with Gasteiger partial charge in [-0.1, -0.05) is 19.1 Å². The fourth-order valence-electron chi connectivity index (χ4n) is 2.74. The van der Waals surface area contributed by atoms with E-state index in [0.29, 0.717) is 18.3 Å². The number of benzene rings is 2. The maximum absolute atomic E-state index is 12.3. The van der Waals surface area contributed by atoms with Gasteiger partial charge >= 0.3 is 0 Å². The molecule has 2 aromatic carbocycles. The van der Waals surface area contributed by atoms with Crippen LogP contribution in [0.1, 0.15) is 19.8 Å². The molecule has 0 saturated carbocycles. The van der Waals surface area contributed by atoms with Crippen molar-refractivity contribution in [1.82, 2.24) is 9.55 Å². The normalized spacial score (nSPS) is 10.7. The van der Waals surface area contributed by atoms with E-state index in [0.717, 1.165) is 29.7 Å². The van der Waals surface area contributed by atoms with Gasteiger partial charge in [0.25, 0.3) is 0 Å². The highest BCUT2D eigenvalue weighted by atomic mass is 16.5. The first-order valence-corrected chi connectivity index (χ1v) is 8.73. The van der Waals surface area contributed by atoms with Crippen molar-refractivity contribution < 1.29 is 14.3 Å². The number of fused-ring (bicyclic) bond motifs is 1. The molecule has 1 amide bonds. The number of amides is 1. The van der Waals surface area contributed by atoms with Gasteiger partial charge in [0.05, 0.1) is 31.2 Å². The largest absolute Gasteiger partial charge is 0.497 e. The van der Waals surface area contributed by atoms with Gasteiger partial charge in [0.1, 0.15) is 11.5 Å². The summed E-state index contributed by atoms with van der Waals surface area (Å²) in [5.41, 5.74) is 1.91. The summed E-state index contributed by atoms with van der Waals surface area (Å²) in [4.78, 5) is 16.8. The molecule has 0 atom stereocenters. The summed E-state index contributed by atoms with van der Waals surface area (Å²) in [5.74, 6) is 1.94. The second kappa shape index (κ2) is 8.38. The van der Waals surface area contributed by atoms with E-state index >= 15 is 0 Å². The summed E-state index contributed by atoms with van der Waals surface area (Å²) in [6, 6.07) is 15.2. The zero-order valence-corrected chi connectivity index (χ0v) is 15.1. The molecule has 0 unspecified atom stereocenters. The number of imidazole rings is 1. The number of anilines is 1. The molecule has 0 spiro atoms. The van der Waals surface area contributed by atoms with E-state index in [1.165, 1.54) is 0 Å². The molecule has 1 N–H and O–H groups in total. The zero-order chi connectivity index (χ0) is 18.4. The molecule has 3 aromatic rings. The number of hydrogen-bond acceptors (Lipinski definition) is 4. The Morgan fingerprint density at radius 3 is 2.58 bits per heavy atom. The second-order valence-electron chi connectivity index (χ2n) is 5.90. The highest BCUT2D eigenvalue weighted by Crippen LogP contribution is 2.20. The van der Waals surface area contributed by atoms with Crippen LogP contribution in [0.4, 0.5) is 5.95 Å². The highest BCUT2D eigenvalue weighted by Gasteiger charge is 2.12. The average molecular weight is 353 g/mol. The van der Waals surface area contributed by atoms with Gasteiger partial charge in [-0.3, -0.25) is 10.1 Å². The number of nitrogens with zero attached hydrogens (tertiary/aromatic N) is 2. The van der Waals surface area contributed by atoms with Crippen molar-refractivity contribution in [2.75, 3.05) is 19.0 Å². The fraction of sp³-hybridized carbons (Fsp3) is 0.300. The average Bonchev–Trinajstić information content (AvgIpc) is 3.00. The number of methoxy groups -OCH3 is 1. The summed E-state index contributed by atoms with van der Waals surface area (Å²) in [7, 11) is 1.62. The van der Waals surface area contributed by atoms with Gasteiger partial charge in [0, 0.05) is 6.54 Å². The molecule has 0 aliphatic rings. The lowest BCUT2D eigenvalue weighted by Gasteiger charge is -2.10. The van der Waals surface area contributed by atoms with E-state index in [1.54, 1.807) is 7.11 Å². The maximum atomic E-state index is 12.3. The van der Waals surface area contributed by atoms with Crippen LogP contribution in [0.15, 0.2) is 48.5 Å². The number of nitrogens with one attached hydrogen (secondary N) is 1. The van der Waals surface area contributed by atoms with Crippen molar-refractivity contribution in [2.24, 2.45) is 0 Å². The molecule has 6 nitrogen and oxygen atoms in total. The lowest BCUT2D eigenvalue weighted by molar-refractivity contribution is -0.116. The van der Waals surface area contributed by atoms with E-state index in [1.807, 2.05) is 53.1 Å². The Hall–Kier alpha value is -3.02. The fourth-order valence-corrected chi connectivity index (χ4v) is 2.74. The smallest absolute Gasteiger partial charge is 0.230 e. The molecule has 3 rings (SSSR count). The Morgan fingerprint density at radius 2 is 1.85 bits per heavy atom. The molecule has 26 heavy (non-hydrogen) atoms. The lowest BCUT2D eigenvalue weighted by Crippen LogP contribution is -2.18. The van der Waals surface area contributed by atoms with Crippen molar-refractivity contribution in [1.29, 1.82) is 0 Å². The van der Waals surface area contributed by atoms with Crippen LogP contribution in [0.3, 0.4) is 0 Å². The number of hydrogen-bond donors (Lipinski definition) is 1. The molecular formula is C20H23N3O3. The Bertz CT molecular complexity index is 872. The van der Waals surface area contributed by atoms with Crippen LogP contribution in [-0.4, -0.2) is 29.2 Å². The lowest BCUT2D eigenvalue weighted by atomic mass is 10.3. The second-order valence-corrected chi connectivity index (χ2v) is 5.90. The van der Waals surface area contributed by atoms with Crippen LogP contribution in [0.25, 0.3) is 11.0 Å². The number of rotatable bonds is 8. The molecule has 6 heteroatoms. The number of carbonyl (C=O) groups is 1. The molecule has 0 aliphatic heterocycles. The van der Waals surface area contributed by atoms with Crippen LogP contribution in [0, 0.1) is 0 Å². The standard InChI is InChI=1S/C20H23N3O3/c1-3-13-23-18-7-5-4-6-17(18)21-20(23)22-19(24)12-14-26-16-10-8-15(25-2)9-11-16/h4-11H,3,12-14H2,1-2H3,(H,21,22,24). The van der Waals surface area contributed by atoms with Gasteiger partial charge in [0.2, 0.25) is 11.9 Å². The molecule has 1 aromatic heterocycles. The van der Waals surface area contributed by atoms with Crippen molar-refractivity contribution in [3.63, 3.8) is 0 Å². The summed E-state index contributed by atoms with van der Waals surface area (Å²) in [5, 5.41) is 2.90. The van der Waals surface area contributed by atoms with Gasteiger partial charge < -0.3 is 14.0 Å². The molecule has 0 bridgehead atoms. The van der Waals surface area contributed by atoms with E-state index in [2.05, 4.69) is 17.2 Å². The Labute approximate surface area is 152 Å². The minimum absolute atomic E-state index is 0.119. The number of carbonyl (C=O) groups excluding carboxylic acids is 1. The Kier molecular flexibility index (Phi) is 5.73.